The zero-order chi connectivity index (χ0) is 13.9. The molecule has 0 aliphatic carbocycles. The molecule has 0 radical (unpaired) electrons. The summed E-state index contributed by atoms with van der Waals surface area (Å²) in [6, 6.07) is 3.56. The zero-order valence-electron chi connectivity index (χ0n) is 11.4. The molecule has 104 valence electrons. The van der Waals surface area contributed by atoms with Crippen LogP contribution >= 0.6 is 0 Å². The second-order valence-electron chi connectivity index (χ2n) is 5.05. The van der Waals surface area contributed by atoms with Crippen molar-refractivity contribution in [2.24, 2.45) is 5.73 Å². The van der Waals surface area contributed by atoms with Crippen LogP contribution in [0.2, 0.25) is 0 Å². The Morgan fingerprint density at radius 2 is 1.89 bits per heavy atom. The molecule has 0 bridgehead atoms. The lowest BCUT2D eigenvalue weighted by atomic mass is 9.93. The van der Waals surface area contributed by atoms with Gasteiger partial charge < -0.3 is 15.2 Å². The number of halogens is 1. The molecule has 2 rings (SSSR count). The predicted octanol–water partition coefficient (Wildman–Crippen LogP) is 3.02. The topological polar surface area (TPSA) is 44.5 Å². The molecule has 4 heteroatoms. The summed E-state index contributed by atoms with van der Waals surface area (Å²) >= 11 is 0. The van der Waals surface area contributed by atoms with Gasteiger partial charge >= 0.3 is 0 Å². The van der Waals surface area contributed by atoms with E-state index >= 15 is 0 Å². The predicted molar refractivity (Wildman–Crippen MR) is 74.3 cm³/mol. The zero-order valence-corrected chi connectivity index (χ0v) is 11.4. The fourth-order valence-electron chi connectivity index (χ4n) is 2.07. The molecule has 0 saturated heterocycles. The first-order chi connectivity index (χ1) is 9.02. The largest absolute Gasteiger partial charge is 0.490 e. The van der Waals surface area contributed by atoms with Crippen LogP contribution in [0.5, 0.6) is 11.5 Å². The monoisotopic (exact) mass is 265 g/mol. The van der Waals surface area contributed by atoms with Crippen LogP contribution in [0.1, 0.15) is 31.4 Å². The van der Waals surface area contributed by atoms with Crippen molar-refractivity contribution in [1.29, 1.82) is 0 Å². The highest BCUT2D eigenvalue weighted by Gasteiger charge is 2.25. The molecule has 1 aromatic rings. The molecule has 0 saturated carbocycles. The van der Waals surface area contributed by atoms with E-state index in [0.717, 1.165) is 12.0 Å². The summed E-state index contributed by atoms with van der Waals surface area (Å²) in [6.45, 7) is 4.70. The summed E-state index contributed by atoms with van der Waals surface area (Å²) in [5.74, 6) is 1.28. The maximum Gasteiger partial charge on any atom is 0.161 e. The molecule has 19 heavy (non-hydrogen) atoms. The number of benzene rings is 1. The molecule has 1 aliphatic rings. The number of hydrogen-bond donors (Lipinski definition) is 1. The van der Waals surface area contributed by atoms with E-state index in [1.165, 1.54) is 13.8 Å². The van der Waals surface area contributed by atoms with E-state index in [1.54, 1.807) is 12.1 Å². The summed E-state index contributed by atoms with van der Waals surface area (Å²) in [5, 5.41) is 0. The lowest BCUT2D eigenvalue weighted by Gasteiger charge is -2.20. The number of ether oxygens (including phenoxy) is 2. The van der Waals surface area contributed by atoms with Crippen LogP contribution in [-0.2, 0) is 5.67 Å². The fourth-order valence-corrected chi connectivity index (χ4v) is 2.07. The third-order valence-electron chi connectivity index (χ3n) is 2.99. The van der Waals surface area contributed by atoms with Crippen molar-refractivity contribution in [2.45, 2.75) is 25.9 Å². The van der Waals surface area contributed by atoms with E-state index in [4.69, 9.17) is 15.2 Å². The van der Waals surface area contributed by atoms with Gasteiger partial charge in [0.2, 0.25) is 0 Å². The number of rotatable bonds is 3. The Hall–Kier alpha value is -1.55. The van der Waals surface area contributed by atoms with Crippen molar-refractivity contribution in [3.05, 3.63) is 29.3 Å². The molecule has 1 aliphatic heterocycles. The molecular formula is C15H20FNO2. The summed E-state index contributed by atoms with van der Waals surface area (Å²) < 4.78 is 25.5. The van der Waals surface area contributed by atoms with Crippen molar-refractivity contribution < 1.29 is 13.9 Å². The third kappa shape index (κ3) is 3.26. The average molecular weight is 265 g/mol. The van der Waals surface area contributed by atoms with Crippen LogP contribution in [0.25, 0.3) is 6.08 Å². The van der Waals surface area contributed by atoms with Crippen molar-refractivity contribution in [2.75, 3.05) is 19.8 Å². The Morgan fingerprint density at radius 3 is 2.47 bits per heavy atom. The first-order valence-corrected chi connectivity index (χ1v) is 6.52. The quantitative estimate of drug-likeness (QED) is 0.913. The molecule has 0 fully saturated rings. The lowest BCUT2D eigenvalue weighted by molar-refractivity contribution is 0.219. The Bertz CT molecular complexity index is 478. The normalized spacial score (nSPS) is 15.6. The number of hydrogen-bond acceptors (Lipinski definition) is 3. The van der Waals surface area contributed by atoms with E-state index in [2.05, 4.69) is 0 Å². The molecule has 1 heterocycles. The average Bonchev–Trinajstić information content (AvgIpc) is 2.58. The highest BCUT2D eigenvalue weighted by Crippen LogP contribution is 2.38. The minimum Gasteiger partial charge on any atom is -0.490 e. The molecule has 2 N–H and O–H groups in total. The highest BCUT2D eigenvalue weighted by atomic mass is 19.1. The Kier molecular flexibility index (Phi) is 4.10. The van der Waals surface area contributed by atoms with Crippen LogP contribution in [0.4, 0.5) is 4.39 Å². The minimum absolute atomic E-state index is 0.417. The van der Waals surface area contributed by atoms with Gasteiger partial charge in [-0.05, 0) is 37.1 Å². The maximum atomic E-state index is 14.3. The van der Waals surface area contributed by atoms with Gasteiger partial charge in [0, 0.05) is 13.0 Å². The third-order valence-corrected chi connectivity index (χ3v) is 2.99. The van der Waals surface area contributed by atoms with Gasteiger partial charge in [0.1, 0.15) is 5.67 Å². The van der Waals surface area contributed by atoms with Gasteiger partial charge in [-0.15, -0.1) is 0 Å². The van der Waals surface area contributed by atoms with E-state index < -0.39 is 5.67 Å². The van der Waals surface area contributed by atoms with E-state index in [0.29, 0.717) is 36.8 Å². The van der Waals surface area contributed by atoms with Gasteiger partial charge in [-0.3, -0.25) is 0 Å². The smallest absolute Gasteiger partial charge is 0.161 e. The van der Waals surface area contributed by atoms with Gasteiger partial charge in [0.25, 0.3) is 0 Å². The molecule has 0 unspecified atom stereocenters. The molecule has 0 atom stereocenters. The van der Waals surface area contributed by atoms with Crippen LogP contribution in [0, 0.1) is 0 Å². The minimum atomic E-state index is -1.45. The summed E-state index contributed by atoms with van der Waals surface area (Å²) in [5.41, 5.74) is 5.38. The molecule has 3 nitrogen and oxygen atoms in total. The second-order valence-corrected chi connectivity index (χ2v) is 5.05. The van der Waals surface area contributed by atoms with Gasteiger partial charge in [-0.1, -0.05) is 12.2 Å². The summed E-state index contributed by atoms with van der Waals surface area (Å²) in [4.78, 5) is 0. The molecular weight excluding hydrogens is 245 g/mol. The first kappa shape index (κ1) is 13.9. The summed E-state index contributed by atoms with van der Waals surface area (Å²) in [6.07, 6.45) is 4.46. The Morgan fingerprint density at radius 1 is 1.26 bits per heavy atom. The molecule has 0 aromatic heterocycles. The van der Waals surface area contributed by atoms with Crippen LogP contribution in [0.15, 0.2) is 18.2 Å². The number of fused-ring (bicyclic) bond motifs is 1. The fraction of sp³-hybridized carbons (Fsp3) is 0.467. The second kappa shape index (κ2) is 5.61. The maximum absolute atomic E-state index is 14.3. The number of alkyl halides is 1. The van der Waals surface area contributed by atoms with Gasteiger partial charge in [0.05, 0.1) is 13.2 Å². The standard InChI is InChI=1S/C15H20FNO2/c1-15(2,16)12-10-14-13(18-7-4-8-19-14)9-11(12)5-3-6-17/h3,5,9-10H,4,6-8,17H2,1-2H3/b5-3+. The summed E-state index contributed by atoms with van der Waals surface area (Å²) in [7, 11) is 0. The van der Waals surface area contributed by atoms with Crippen molar-refractivity contribution >= 4 is 6.08 Å². The van der Waals surface area contributed by atoms with Crippen molar-refractivity contribution in [3.8, 4) is 11.5 Å². The highest BCUT2D eigenvalue weighted by molar-refractivity contribution is 5.62. The Balaban J connectivity index is 2.50. The van der Waals surface area contributed by atoms with Gasteiger partial charge in [-0.25, -0.2) is 4.39 Å². The van der Waals surface area contributed by atoms with Gasteiger partial charge in [-0.2, -0.15) is 0 Å². The SMILES string of the molecule is CC(C)(F)c1cc2c(cc1/C=C/CN)OCCCO2. The van der Waals surface area contributed by atoms with Crippen LogP contribution < -0.4 is 15.2 Å². The molecule has 0 spiro atoms. The first-order valence-electron chi connectivity index (χ1n) is 6.52. The molecule has 0 amide bonds. The van der Waals surface area contributed by atoms with Gasteiger partial charge in [0.15, 0.2) is 11.5 Å². The van der Waals surface area contributed by atoms with Crippen LogP contribution in [0.3, 0.4) is 0 Å². The van der Waals surface area contributed by atoms with E-state index in [-0.39, 0.29) is 0 Å². The van der Waals surface area contributed by atoms with Crippen molar-refractivity contribution in [1.82, 2.24) is 0 Å². The van der Waals surface area contributed by atoms with E-state index in [9.17, 15) is 4.39 Å². The molecule has 1 aromatic carbocycles. The number of nitrogens with two attached hydrogens (primary N) is 1. The van der Waals surface area contributed by atoms with Crippen LogP contribution in [-0.4, -0.2) is 19.8 Å². The van der Waals surface area contributed by atoms with Crippen molar-refractivity contribution in [3.63, 3.8) is 0 Å². The van der Waals surface area contributed by atoms with E-state index in [1.807, 2.05) is 12.1 Å². The Labute approximate surface area is 113 Å². The lowest BCUT2D eigenvalue weighted by Crippen LogP contribution is -2.12.